The van der Waals surface area contributed by atoms with Crippen molar-refractivity contribution >= 4 is 0 Å². The molecule has 1 unspecified atom stereocenters. The molecule has 1 N–H and O–H groups in total. The minimum absolute atomic E-state index is 0.00315. The van der Waals surface area contributed by atoms with E-state index in [1.54, 1.807) is 0 Å². The highest BCUT2D eigenvalue weighted by Gasteiger charge is 2.59. The molecule has 0 saturated heterocycles. The number of rotatable bonds is 5. The summed E-state index contributed by atoms with van der Waals surface area (Å²) in [4.78, 5) is 0. The molecule has 0 aromatic heterocycles. The fraction of sp³-hybridized carbons (Fsp3) is 0.818. The molecule has 0 spiro atoms. The van der Waals surface area contributed by atoms with E-state index in [0.717, 1.165) is 0 Å². The second-order valence-electron chi connectivity index (χ2n) is 3.69. The Kier molecular flexibility index (Phi) is 6.54. The lowest BCUT2D eigenvalue weighted by molar-refractivity contribution is -0.292. The molecule has 0 radical (unpaired) electrons. The van der Waals surface area contributed by atoms with Crippen molar-refractivity contribution < 1.29 is 26.3 Å². The van der Waals surface area contributed by atoms with Crippen molar-refractivity contribution in [3.05, 3.63) is 0 Å². The maximum absolute atomic E-state index is 12.5. The maximum Gasteiger partial charge on any atom is 0.401 e. The van der Waals surface area contributed by atoms with Crippen molar-refractivity contribution in [3.63, 3.8) is 0 Å². The Balaban J connectivity index is 5.02. The van der Waals surface area contributed by atoms with Gasteiger partial charge in [-0.2, -0.15) is 26.3 Å². The van der Waals surface area contributed by atoms with Crippen molar-refractivity contribution in [1.82, 2.24) is 5.32 Å². The summed E-state index contributed by atoms with van der Waals surface area (Å²) in [6.07, 6.45) is -10.9. The highest BCUT2D eigenvalue weighted by atomic mass is 19.4. The Labute approximate surface area is 102 Å². The summed E-state index contributed by atoms with van der Waals surface area (Å²) in [5.41, 5.74) is 0. The van der Waals surface area contributed by atoms with Crippen molar-refractivity contribution in [3.8, 4) is 11.8 Å². The van der Waals surface area contributed by atoms with Gasteiger partial charge in [-0.15, -0.1) is 11.8 Å². The van der Waals surface area contributed by atoms with Crippen LogP contribution in [0, 0.1) is 17.8 Å². The van der Waals surface area contributed by atoms with Gasteiger partial charge in [0.05, 0.1) is 0 Å². The summed E-state index contributed by atoms with van der Waals surface area (Å²) < 4.78 is 75.0. The van der Waals surface area contributed by atoms with Crippen LogP contribution in [0.2, 0.25) is 0 Å². The predicted octanol–water partition coefficient (Wildman–Crippen LogP) is 3.51. The topological polar surface area (TPSA) is 12.0 Å². The third kappa shape index (κ3) is 5.63. The zero-order valence-corrected chi connectivity index (χ0v) is 10.0. The fourth-order valence-electron chi connectivity index (χ4n) is 1.64. The first-order chi connectivity index (χ1) is 8.14. The Hall–Kier alpha value is -0.900. The van der Waals surface area contributed by atoms with E-state index in [0.29, 0.717) is 0 Å². The third-order valence-electron chi connectivity index (χ3n) is 2.33. The van der Waals surface area contributed by atoms with Crippen molar-refractivity contribution in [2.24, 2.45) is 5.92 Å². The predicted molar refractivity (Wildman–Crippen MR) is 55.7 cm³/mol. The molecule has 0 fully saturated rings. The standard InChI is InChI=1S/C11H15F6N/c1-3-5-6-7-8(18-4-2)9(10(12,13)14)11(15,16)17/h8-9,18H,4,6-7H2,1-2H3. The van der Waals surface area contributed by atoms with Gasteiger partial charge in [0.15, 0.2) is 5.92 Å². The van der Waals surface area contributed by atoms with Crippen LogP contribution in [0.4, 0.5) is 26.3 Å². The second-order valence-corrected chi connectivity index (χ2v) is 3.69. The highest BCUT2D eigenvalue weighted by molar-refractivity contribution is 4.97. The monoisotopic (exact) mass is 275 g/mol. The molecule has 0 aliphatic heterocycles. The van der Waals surface area contributed by atoms with Crippen LogP contribution < -0.4 is 5.32 Å². The molecule has 0 saturated carbocycles. The van der Waals surface area contributed by atoms with Crippen LogP contribution in [0.1, 0.15) is 26.7 Å². The van der Waals surface area contributed by atoms with Gasteiger partial charge in [0.2, 0.25) is 0 Å². The number of halogens is 6. The molecule has 106 valence electrons. The molecular formula is C11H15F6N. The molecule has 7 heteroatoms. The lowest BCUT2D eigenvalue weighted by Gasteiger charge is -2.30. The molecule has 0 bridgehead atoms. The Bertz CT molecular complexity index is 281. The van der Waals surface area contributed by atoms with Crippen LogP contribution in [0.25, 0.3) is 0 Å². The number of hydrogen-bond donors (Lipinski definition) is 1. The zero-order valence-electron chi connectivity index (χ0n) is 10.0. The first kappa shape index (κ1) is 17.1. The van der Waals surface area contributed by atoms with E-state index in [2.05, 4.69) is 17.2 Å². The van der Waals surface area contributed by atoms with Gasteiger partial charge in [-0.05, 0) is 19.9 Å². The van der Waals surface area contributed by atoms with Crippen LogP contribution in [-0.4, -0.2) is 24.9 Å². The minimum Gasteiger partial charge on any atom is -0.313 e. The van der Waals surface area contributed by atoms with Crippen molar-refractivity contribution in [2.75, 3.05) is 6.54 Å². The lowest BCUT2D eigenvalue weighted by Crippen LogP contribution is -2.50. The normalized spacial score (nSPS) is 14.3. The number of nitrogens with one attached hydrogen (secondary N) is 1. The molecular weight excluding hydrogens is 260 g/mol. The molecule has 0 rings (SSSR count). The SMILES string of the molecule is CC#CCCC(NCC)C(C(F)(F)F)C(F)(F)F. The van der Waals surface area contributed by atoms with Gasteiger partial charge in [-0.3, -0.25) is 0 Å². The van der Waals surface area contributed by atoms with Gasteiger partial charge in [-0.1, -0.05) is 6.92 Å². The molecule has 0 heterocycles. The average Bonchev–Trinajstić information content (AvgIpc) is 2.13. The summed E-state index contributed by atoms with van der Waals surface area (Å²) in [6.45, 7) is 2.97. The molecule has 0 aliphatic rings. The largest absolute Gasteiger partial charge is 0.401 e. The highest BCUT2D eigenvalue weighted by Crippen LogP contribution is 2.42. The van der Waals surface area contributed by atoms with Gasteiger partial charge >= 0.3 is 12.4 Å². The van der Waals surface area contributed by atoms with Crippen LogP contribution >= 0.6 is 0 Å². The summed E-state index contributed by atoms with van der Waals surface area (Å²) in [5.74, 6) is 1.55. The van der Waals surface area contributed by atoms with Gasteiger partial charge in [0, 0.05) is 12.5 Å². The first-order valence-corrected chi connectivity index (χ1v) is 5.41. The van der Waals surface area contributed by atoms with E-state index in [-0.39, 0.29) is 19.4 Å². The van der Waals surface area contributed by atoms with E-state index >= 15 is 0 Å². The number of hydrogen-bond acceptors (Lipinski definition) is 1. The molecule has 1 atom stereocenters. The summed E-state index contributed by atoms with van der Waals surface area (Å²) in [7, 11) is 0. The van der Waals surface area contributed by atoms with Crippen molar-refractivity contribution in [1.29, 1.82) is 0 Å². The van der Waals surface area contributed by atoms with Crippen LogP contribution in [0.15, 0.2) is 0 Å². The first-order valence-electron chi connectivity index (χ1n) is 5.41. The fourth-order valence-corrected chi connectivity index (χ4v) is 1.64. The quantitative estimate of drug-likeness (QED) is 0.598. The van der Waals surface area contributed by atoms with Crippen LogP contribution in [0.5, 0.6) is 0 Å². The van der Waals surface area contributed by atoms with Gasteiger partial charge < -0.3 is 5.32 Å². The summed E-state index contributed by atoms with van der Waals surface area (Å²) in [5, 5.41) is 2.25. The zero-order chi connectivity index (χ0) is 14.4. The Morgan fingerprint density at radius 3 is 1.89 bits per heavy atom. The van der Waals surface area contributed by atoms with Crippen LogP contribution in [-0.2, 0) is 0 Å². The molecule has 0 aromatic carbocycles. The molecule has 0 amide bonds. The second kappa shape index (κ2) is 6.88. The minimum atomic E-state index is -5.31. The lowest BCUT2D eigenvalue weighted by atomic mass is 9.94. The third-order valence-corrected chi connectivity index (χ3v) is 2.33. The average molecular weight is 275 g/mol. The van der Waals surface area contributed by atoms with E-state index in [4.69, 9.17) is 0 Å². The summed E-state index contributed by atoms with van der Waals surface area (Å²) in [6, 6.07) is -1.70. The molecule has 0 aromatic rings. The summed E-state index contributed by atoms with van der Waals surface area (Å²) >= 11 is 0. The van der Waals surface area contributed by atoms with Crippen molar-refractivity contribution in [2.45, 2.75) is 45.1 Å². The molecule has 1 nitrogen and oxygen atoms in total. The Morgan fingerprint density at radius 2 is 1.56 bits per heavy atom. The van der Waals surface area contributed by atoms with Gasteiger partial charge in [-0.25, -0.2) is 0 Å². The molecule has 0 aliphatic carbocycles. The maximum atomic E-state index is 12.5. The smallest absolute Gasteiger partial charge is 0.313 e. The van der Waals surface area contributed by atoms with Gasteiger partial charge in [0.25, 0.3) is 0 Å². The number of alkyl halides is 6. The van der Waals surface area contributed by atoms with Crippen LogP contribution in [0.3, 0.4) is 0 Å². The molecule has 18 heavy (non-hydrogen) atoms. The van der Waals surface area contributed by atoms with E-state index in [1.165, 1.54) is 13.8 Å². The Morgan fingerprint density at radius 1 is 1.06 bits per heavy atom. The van der Waals surface area contributed by atoms with E-state index < -0.39 is 24.3 Å². The van der Waals surface area contributed by atoms with E-state index in [1.807, 2.05) is 0 Å². The van der Waals surface area contributed by atoms with Gasteiger partial charge in [0.1, 0.15) is 0 Å². The van der Waals surface area contributed by atoms with E-state index in [9.17, 15) is 26.3 Å².